The molecule has 0 aliphatic heterocycles. The standard InChI is InChI=1S/C26H23F5N4O2/c27-16-1-3-20(19(28)7-16)35-11-18(24(37)34-25-8-13-5-14(9-25)15(6-13)10-25)22(36)17-2-4-21(33-23(17)35)32-12-26(29,30)31/h1-4,7,11,13-15H,5-6,8-10,12H2,(H,32,33)(H,34,37)/t13-,14?,15?,25+. The Morgan fingerprint density at radius 1 is 1.08 bits per heavy atom. The maximum atomic E-state index is 14.8. The quantitative estimate of drug-likeness (QED) is 0.469. The van der Waals surface area contributed by atoms with Crippen molar-refractivity contribution in [2.75, 3.05) is 11.9 Å². The molecule has 2 aromatic heterocycles. The van der Waals surface area contributed by atoms with Crippen LogP contribution in [0.25, 0.3) is 16.7 Å². The van der Waals surface area contributed by atoms with E-state index in [-0.39, 0.29) is 33.6 Å². The summed E-state index contributed by atoms with van der Waals surface area (Å²) in [6.45, 7) is -1.37. The highest BCUT2D eigenvalue weighted by atomic mass is 19.4. The van der Waals surface area contributed by atoms with Gasteiger partial charge in [0.15, 0.2) is 5.65 Å². The minimum Gasteiger partial charge on any atom is -0.361 e. The molecule has 4 saturated carbocycles. The number of anilines is 1. The molecule has 0 radical (unpaired) electrons. The number of alkyl halides is 3. The number of carbonyl (C=O) groups excluding carboxylic acids is 1. The Kier molecular flexibility index (Phi) is 5.33. The van der Waals surface area contributed by atoms with E-state index in [9.17, 15) is 31.5 Å². The summed E-state index contributed by atoms with van der Waals surface area (Å²) in [5.41, 5.74) is -1.67. The average Bonchev–Trinajstić information content (AvgIpc) is 3.23. The Labute approximate surface area is 207 Å². The van der Waals surface area contributed by atoms with Gasteiger partial charge in [-0.25, -0.2) is 13.8 Å². The third-order valence-electron chi connectivity index (χ3n) is 8.04. The lowest BCUT2D eigenvalue weighted by molar-refractivity contribution is -0.115. The van der Waals surface area contributed by atoms with Gasteiger partial charge >= 0.3 is 6.18 Å². The number of carbonyl (C=O) groups is 1. The van der Waals surface area contributed by atoms with Gasteiger partial charge in [-0.05, 0) is 74.1 Å². The van der Waals surface area contributed by atoms with E-state index in [0.717, 1.165) is 42.2 Å². The molecule has 194 valence electrons. The Morgan fingerprint density at radius 2 is 1.81 bits per heavy atom. The summed E-state index contributed by atoms with van der Waals surface area (Å²) in [5, 5.41) is 5.14. The van der Waals surface area contributed by atoms with Crippen molar-refractivity contribution >= 4 is 22.8 Å². The largest absolute Gasteiger partial charge is 0.405 e. The summed E-state index contributed by atoms with van der Waals surface area (Å²) >= 11 is 0. The number of fused-ring (bicyclic) bond motifs is 1. The van der Waals surface area contributed by atoms with Crippen LogP contribution in [0.5, 0.6) is 0 Å². The number of aromatic nitrogens is 2. The molecule has 1 aromatic carbocycles. The van der Waals surface area contributed by atoms with Crippen LogP contribution in [0, 0.1) is 29.4 Å². The lowest BCUT2D eigenvalue weighted by Gasteiger charge is -2.39. The fourth-order valence-electron chi connectivity index (χ4n) is 6.79. The first-order valence-corrected chi connectivity index (χ1v) is 12.2. The summed E-state index contributed by atoms with van der Waals surface area (Å²) in [7, 11) is 0. The van der Waals surface area contributed by atoms with E-state index in [0.29, 0.717) is 23.8 Å². The van der Waals surface area contributed by atoms with Crippen LogP contribution < -0.4 is 16.1 Å². The van der Waals surface area contributed by atoms with E-state index in [1.54, 1.807) is 0 Å². The molecule has 7 rings (SSSR count). The monoisotopic (exact) mass is 518 g/mol. The second-order valence-electron chi connectivity index (χ2n) is 10.6. The van der Waals surface area contributed by atoms with Gasteiger partial charge in [-0.15, -0.1) is 0 Å². The van der Waals surface area contributed by atoms with Gasteiger partial charge in [0.25, 0.3) is 5.91 Å². The van der Waals surface area contributed by atoms with Gasteiger partial charge in [-0.3, -0.25) is 14.2 Å². The normalized spacial score (nSPS) is 26.1. The summed E-state index contributed by atoms with van der Waals surface area (Å²) in [4.78, 5) is 30.9. The minimum absolute atomic E-state index is 0.0813. The molecule has 2 unspecified atom stereocenters. The van der Waals surface area contributed by atoms with E-state index in [4.69, 9.17) is 0 Å². The topological polar surface area (TPSA) is 76.0 Å². The molecule has 4 fully saturated rings. The third-order valence-corrected chi connectivity index (χ3v) is 8.04. The predicted octanol–water partition coefficient (Wildman–Crippen LogP) is 4.95. The zero-order valence-corrected chi connectivity index (χ0v) is 19.5. The highest BCUT2D eigenvalue weighted by Gasteiger charge is 2.56. The highest BCUT2D eigenvalue weighted by molar-refractivity contribution is 5.97. The van der Waals surface area contributed by atoms with Gasteiger partial charge in [-0.2, -0.15) is 13.2 Å². The van der Waals surface area contributed by atoms with Gasteiger partial charge in [0.05, 0.1) is 11.1 Å². The van der Waals surface area contributed by atoms with Crippen LogP contribution in [0.2, 0.25) is 0 Å². The van der Waals surface area contributed by atoms with Gasteiger partial charge in [0.1, 0.15) is 29.6 Å². The van der Waals surface area contributed by atoms with Gasteiger partial charge in [0.2, 0.25) is 5.43 Å². The number of nitrogens with one attached hydrogen (secondary N) is 2. The summed E-state index contributed by atoms with van der Waals surface area (Å²) in [6.07, 6.45) is 1.55. The van der Waals surface area contributed by atoms with E-state index in [1.807, 2.05) is 0 Å². The summed E-state index contributed by atoms with van der Waals surface area (Å²) < 4.78 is 67.6. The molecule has 2 heterocycles. The first-order chi connectivity index (χ1) is 17.5. The zero-order valence-electron chi connectivity index (χ0n) is 19.5. The molecule has 0 spiro atoms. The number of benzene rings is 1. The third kappa shape index (κ3) is 4.23. The fraction of sp³-hybridized carbons (Fsp3) is 0.423. The summed E-state index contributed by atoms with van der Waals surface area (Å²) in [6, 6.07) is 5.19. The van der Waals surface area contributed by atoms with Gasteiger partial charge < -0.3 is 10.6 Å². The lowest BCUT2D eigenvalue weighted by atomic mass is 9.75. The number of hydrogen-bond donors (Lipinski definition) is 2. The van der Waals surface area contributed by atoms with Crippen molar-refractivity contribution in [1.29, 1.82) is 0 Å². The molecule has 1 amide bonds. The second kappa shape index (κ2) is 8.26. The maximum absolute atomic E-state index is 14.8. The van der Waals surface area contributed by atoms with Crippen molar-refractivity contribution in [3.63, 3.8) is 0 Å². The predicted molar refractivity (Wildman–Crippen MR) is 126 cm³/mol. The highest BCUT2D eigenvalue weighted by Crippen LogP contribution is 2.59. The number of hydrogen-bond acceptors (Lipinski definition) is 4. The molecule has 2 N–H and O–H groups in total. The zero-order chi connectivity index (χ0) is 26.1. The van der Waals surface area contributed by atoms with E-state index in [2.05, 4.69) is 15.6 Å². The van der Waals surface area contributed by atoms with Crippen LogP contribution >= 0.6 is 0 Å². The number of rotatable bonds is 5. The molecule has 37 heavy (non-hydrogen) atoms. The molecule has 2 atom stereocenters. The number of amides is 1. The van der Waals surface area contributed by atoms with Crippen LogP contribution in [0.3, 0.4) is 0 Å². The Morgan fingerprint density at radius 3 is 2.46 bits per heavy atom. The number of halogens is 5. The molecule has 0 saturated heterocycles. The van der Waals surface area contributed by atoms with E-state index >= 15 is 0 Å². The first-order valence-electron chi connectivity index (χ1n) is 12.2. The molecule has 6 nitrogen and oxygen atoms in total. The van der Waals surface area contributed by atoms with Crippen LogP contribution in [-0.4, -0.2) is 33.7 Å². The smallest absolute Gasteiger partial charge is 0.361 e. The first kappa shape index (κ1) is 23.9. The van der Waals surface area contributed by atoms with Crippen molar-refractivity contribution in [1.82, 2.24) is 14.9 Å². The van der Waals surface area contributed by atoms with E-state index in [1.165, 1.54) is 25.0 Å². The van der Waals surface area contributed by atoms with Crippen LogP contribution in [0.1, 0.15) is 42.5 Å². The van der Waals surface area contributed by atoms with Crippen LogP contribution in [0.15, 0.2) is 41.3 Å². The average molecular weight is 518 g/mol. The molecule has 3 aromatic rings. The molecule has 4 aliphatic rings. The van der Waals surface area contributed by atoms with Crippen molar-refractivity contribution in [3.8, 4) is 5.69 Å². The molecular weight excluding hydrogens is 495 g/mol. The SMILES string of the molecule is O=C(N[C@]12CC3C[C@@H](CC3C1)C2)c1cn(-c2ccc(F)cc2F)c2nc(NCC(F)(F)F)ccc2c1=O. The van der Waals surface area contributed by atoms with Crippen molar-refractivity contribution < 1.29 is 26.7 Å². The van der Waals surface area contributed by atoms with Crippen molar-refractivity contribution in [2.24, 2.45) is 17.8 Å². The van der Waals surface area contributed by atoms with Crippen LogP contribution in [0.4, 0.5) is 27.8 Å². The van der Waals surface area contributed by atoms with Gasteiger partial charge in [0, 0.05) is 17.8 Å². The molecule has 11 heteroatoms. The van der Waals surface area contributed by atoms with Crippen molar-refractivity contribution in [2.45, 2.75) is 43.8 Å². The van der Waals surface area contributed by atoms with Crippen LogP contribution in [-0.2, 0) is 0 Å². The van der Waals surface area contributed by atoms with Gasteiger partial charge in [-0.1, -0.05) is 0 Å². The summed E-state index contributed by atoms with van der Waals surface area (Å²) in [5.74, 6) is -0.905. The second-order valence-corrected chi connectivity index (χ2v) is 10.6. The number of nitrogens with zero attached hydrogens (tertiary/aromatic N) is 2. The Hall–Kier alpha value is -3.50. The molecule has 4 aliphatic carbocycles. The molecular formula is C26H23F5N4O2. The van der Waals surface area contributed by atoms with Crippen molar-refractivity contribution in [3.05, 3.63) is 63.9 Å². The minimum atomic E-state index is -4.51. The Balaban J connectivity index is 1.44. The lowest BCUT2D eigenvalue weighted by Crippen LogP contribution is -2.51. The Bertz CT molecular complexity index is 1460. The molecule has 4 bridgehead atoms. The maximum Gasteiger partial charge on any atom is 0.405 e. The number of pyridine rings is 2. The fourth-order valence-corrected chi connectivity index (χ4v) is 6.79. The van der Waals surface area contributed by atoms with E-state index < -0.39 is 35.7 Å².